The van der Waals surface area contributed by atoms with E-state index in [0.29, 0.717) is 15.7 Å². The lowest BCUT2D eigenvalue weighted by Crippen LogP contribution is -2.47. The first kappa shape index (κ1) is 22.6. The molecule has 7 heteroatoms. The molecular formula is C21H28BrNO5. The number of hydrogen-bond donors (Lipinski definition) is 3. The van der Waals surface area contributed by atoms with E-state index < -0.39 is 35.6 Å². The van der Waals surface area contributed by atoms with E-state index in [1.54, 1.807) is 45.0 Å². The van der Waals surface area contributed by atoms with E-state index in [1.807, 2.05) is 6.92 Å². The minimum Gasteiger partial charge on any atom is -0.455 e. The monoisotopic (exact) mass is 453 g/mol. The molecule has 0 aliphatic heterocycles. The van der Waals surface area contributed by atoms with Crippen LogP contribution in [0.3, 0.4) is 0 Å². The fourth-order valence-corrected chi connectivity index (χ4v) is 5.16. The Bertz CT molecular complexity index is 802. The number of aliphatic hydroxyl groups excluding tert-OH is 1. The third-order valence-electron chi connectivity index (χ3n) is 5.73. The van der Waals surface area contributed by atoms with Crippen molar-refractivity contribution in [1.29, 1.82) is 0 Å². The first-order chi connectivity index (χ1) is 12.9. The summed E-state index contributed by atoms with van der Waals surface area (Å²) in [6, 6.07) is 4.74. The molecule has 0 radical (unpaired) electrons. The summed E-state index contributed by atoms with van der Waals surface area (Å²) in [5.74, 6) is -2.22. The zero-order chi connectivity index (χ0) is 21.4. The number of halogens is 1. The van der Waals surface area contributed by atoms with Crippen molar-refractivity contribution >= 4 is 33.4 Å². The average Bonchev–Trinajstić information content (AvgIpc) is 2.75. The maximum Gasteiger partial charge on any atom is 0.339 e. The maximum atomic E-state index is 12.8. The van der Waals surface area contributed by atoms with Crippen LogP contribution in [0.4, 0.5) is 5.69 Å². The van der Waals surface area contributed by atoms with Crippen LogP contribution in [0, 0.1) is 17.8 Å². The van der Waals surface area contributed by atoms with Crippen LogP contribution in [0.15, 0.2) is 34.3 Å². The lowest BCUT2D eigenvalue weighted by atomic mass is 9.76. The molecule has 1 unspecified atom stereocenters. The van der Waals surface area contributed by atoms with Crippen molar-refractivity contribution in [3.05, 3.63) is 39.9 Å². The molecule has 0 aromatic heterocycles. The van der Waals surface area contributed by atoms with E-state index in [0.717, 1.165) is 0 Å². The molecule has 0 saturated heterocycles. The second-order valence-electron chi connectivity index (χ2n) is 7.74. The summed E-state index contributed by atoms with van der Waals surface area (Å²) in [6.07, 6.45) is -0.0949. The van der Waals surface area contributed by atoms with Gasteiger partial charge in [0.15, 0.2) is 5.78 Å². The number of nitrogen functional groups attached to an aromatic ring is 1. The SMILES string of the molecule is C/C=C(/C(C)=O)[C@H]1[C@H](C)[C@H](OC(=O)c2ccc(N)cc2Br)[C@](C)(O)[C@H]1C(C)O. The molecule has 1 aromatic carbocycles. The summed E-state index contributed by atoms with van der Waals surface area (Å²) >= 11 is 3.30. The van der Waals surface area contributed by atoms with E-state index in [-0.39, 0.29) is 17.3 Å². The fourth-order valence-electron chi connectivity index (χ4n) is 4.60. The lowest BCUT2D eigenvalue weighted by molar-refractivity contribution is -0.115. The number of allylic oxidation sites excluding steroid dienone is 2. The van der Waals surface area contributed by atoms with Crippen LogP contribution in [-0.4, -0.2) is 39.8 Å². The van der Waals surface area contributed by atoms with Gasteiger partial charge in [-0.2, -0.15) is 0 Å². The van der Waals surface area contributed by atoms with Gasteiger partial charge in [-0.15, -0.1) is 0 Å². The van der Waals surface area contributed by atoms with Crippen LogP contribution in [0.2, 0.25) is 0 Å². The van der Waals surface area contributed by atoms with Gasteiger partial charge in [0.25, 0.3) is 0 Å². The summed E-state index contributed by atoms with van der Waals surface area (Å²) in [4.78, 5) is 24.9. The topological polar surface area (TPSA) is 110 Å². The molecule has 28 heavy (non-hydrogen) atoms. The predicted molar refractivity (Wildman–Crippen MR) is 111 cm³/mol. The van der Waals surface area contributed by atoms with Crippen LogP contribution < -0.4 is 5.73 Å². The van der Waals surface area contributed by atoms with Gasteiger partial charge in [0.05, 0.1) is 11.7 Å². The molecule has 4 N–H and O–H groups in total. The smallest absolute Gasteiger partial charge is 0.339 e. The highest BCUT2D eigenvalue weighted by molar-refractivity contribution is 9.10. The molecule has 0 spiro atoms. The van der Waals surface area contributed by atoms with Crippen molar-refractivity contribution in [2.45, 2.75) is 52.4 Å². The van der Waals surface area contributed by atoms with Crippen LogP contribution in [0.1, 0.15) is 45.0 Å². The number of hydrogen-bond acceptors (Lipinski definition) is 6. The van der Waals surface area contributed by atoms with E-state index in [9.17, 15) is 19.8 Å². The Kier molecular flexibility index (Phi) is 6.74. The Balaban J connectivity index is 2.43. The number of rotatable bonds is 5. The molecule has 6 atom stereocenters. The summed E-state index contributed by atoms with van der Waals surface area (Å²) < 4.78 is 6.21. The van der Waals surface area contributed by atoms with E-state index in [4.69, 9.17) is 10.5 Å². The Morgan fingerprint density at radius 2 is 2.00 bits per heavy atom. The van der Waals surface area contributed by atoms with Gasteiger partial charge in [0.1, 0.15) is 11.7 Å². The highest BCUT2D eigenvalue weighted by Gasteiger charge is 2.60. The van der Waals surface area contributed by atoms with E-state index in [2.05, 4.69) is 15.9 Å². The maximum absolute atomic E-state index is 12.8. The van der Waals surface area contributed by atoms with Crippen LogP contribution in [0.25, 0.3) is 0 Å². The zero-order valence-electron chi connectivity index (χ0n) is 16.8. The highest BCUT2D eigenvalue weighted by Crippen LogP contribution is 2.51. The Hall–Kier alpha value is -1.70. The quantitative estimate of drug-likeness (QED) is 0.358. The second kappa shape index (κ2) is 8.35. The summed E-state index contributed by atoms with van der Waals surface area (Å²) in [5.41, 5.74) is 5.50. The van der Waals surface area contributed by atoms with Gasteiger partial charge >= 0.3 is 5.97 Å². The molecule has 6 nitrogen and oxygen atoms in total. The van der Waals surface area contributed by atoms with Gasteiger partial charge in [-0.3, -0.25) is 4.79 Å². The second-order valence-corrected chi connectivity index (χ2v) is 8.60. The number of esters is 1. The Labute approximate surface area is 173 Å². The van der Waals surface area contributed by atoms with Gasteiger partial charge in [-0.25, -0.2) is 4.79 Å². The van der Waals surface area contributed by atoms with Gasteiger partial charge < -0.3 is 20.7 Å². The standard InChI is InChI=1S/C21H28BrNO5/c1-6-14(11(3)24)17-10(2)19(21(5,27)18(17)12(4)25)28-20(26)15-8-7-13(23)9-16(15)22/h6-10,12,17-19,25,27H,23H2,1-5H3/b14-6-/t10-,12?,17+,18-,19-,21+/m0/s1. The molecule has 0 amide bonds. The predicted octanol–water partition coefficient (Wildman–Crippen LogP) is 3.11. The van der Waals surface area contributed by atoms with Gasteiger partial charge in [0, 0.05) is 27.9 Å². The van der Waals surface area contributed by atoms with Gasteiger partial charge in [-0.1, -0.05) is 13.0 Å². The Morgan fingerprint density at radius 3 is 2.46 bits per heavy atom. The van der Waals surface area contributed by atoms with Crippen molar-refractivity contribution in [1.82, 2.24) is 0 Å². The molecule has 1 aromatic rings. The molecular weight excluding hydrogens is 426 g/mol. The molecule has 154 valence electrons. The number of aliphatic hydroxyl groups is 2. The average molecular weight is 454 g/mol. The van der Waals surface area contributed by atoms with Crippen molar-refractivity contribution in [2.24, 2.45) is 17.8 Å². The number of carbonyl (C=O) groups excluding carboxylic acids is 2. The van der Waals surface area contributed by atoms with Crippen molar-refractivity contribution in [2.75, 3.05) is 5.73 Å². The summed E-state index contributed by atoms with van der Waals surface area (Å²) in [7, 11) is 0. The number of nitrogens with two attached hydrogens (primary N) is 1. The van der Waals surface area contributed by atoms with Gasteiger partial charge in [0.2, 0.25) is 0 Å². The normalized spacial score (nSPS) is 31.5. The number of Topliss-reactive ketones (excluding diaryl/α,β-unsaturated/α-hetero) is 1. The van der Waals surface area contributed by atoms with E-state index in [1.165, 1.54) is 6.92 Å². The highest BCUT2D eigenvalue weighted by atomic mass is 79.9. The zero-order valence-corrected chi connectivity index (χ0v) is 18.4. The van der Waals surface area contributed by atoms with Crippen LogP contribution in [-0.2, 0) is 9.53 Å². The van der Waals surface area contributed by atoms with Crippen molar-refractivity contribution < 1.29 is 24.5 Å². The third kappa shape index (κ3) is 4.02. The number of carbonyl (C=O) groups is 2. The molecule has 2 rings (SSSR count). The number of anilines is 1. The largest absolute Gasteiger partial charge is 0.455 e. The number of ketones is 1. The minimum absolute atomic E-state index is 0.131. The minimum atomic E-state index is -1.52. The summed E-state index contributed by atoms with van der Waals surface area (Å²) in [6.45, 7) is 8.16. The molecule has 1 aliphatic carbocycles. The lowest BCUT2D eigenvalue weighted by Gasteiger charge is -2.34. The first-order valence-corrected chi connectivity index (χ1v) is 10.1. The van der Waals surface area contributed by atoms with Gasteiger partial charge in [-0.05, 0) is 67.4 Å². The first-order valence-electron chi connectivity index (χ1n) is 9.27. The molecule has 0 bridgehead atoms. The molecule has 0 heterocycles. The molecule has 1 saturated carbocycles. The van der Waals surface area contributed by atoms with Crippen LogP contribution >= 0.6 is 15.9 Å². The number of benzene rings is 1. The van der Waals surface area contributed by atoms with Crippen molar-refractivity contribution in [3.63, 3.8) is 0 Å². The van der Waals surface area contributed by atoms with E-state index >= 15 is 0 Å². The molecule has 1 aliphatic rings. The van der Waals surface area contributed by atoms with Crippen LogP contribution in [0.5, 0.6) is 0 Å². The number of ether oxygens (including phenoxy) is 1. The van der Waals surface area contributed by atoms with Crippen molar-refractivity contribution in [3.8, 4) is 0 Å². The summed E-state index contributed by atoms with van der Waals surface area (Å²) in [5, 5.41) is 21.6. The fraction of sp³-hybridized carbons (Fsp3) is 0.524. The molecule has 1 fully saturated rings. The third-order valence-corrected chi connectivity index (χ3v) is 6.38. The Morgan fingerprint density at radius 1 is 1.39 bits per heavy atom.